The van der Waals surface area contributed by atoms with Gasteiger partial charge < -0.3 is 15.5 Å². The van der Waals surface area contributed by atoms with Crippen molar-refractivity contribution in [2.75, 3.05) is 13.2 Å². The van der Waals surface area contributed by atoms with Gasteiger partial charge in [-0.15, -0.1) is 0 Å². The first-order valence-electron chi connectivity index (χ1n) is 6.53. The smallest absolute Gasteiger partial charge is 0.251 e. The Morgan fingerprint density at radius 2 is 1.81 bits per heavy atom. The Kier molecular flexibility index (Phi) is 5.03. The molecule has 0 spiro atoms. The van der Waals surface area contributed by atoms with E-state index < -0.39 is 11.9 Å². The van der Waals surface area contributed by atoms with Crippen molar-refractivity contribution in [2.45, 2.75) is 6.04 Å². The Morgan fingerprint density at radius 3 is 2.48 bits per heavy atom. The van der Waals surface area contributed by atoms with Crippen molar-refractivity contribution in [3.8, 4) is 11.1 Å². The zero-order chi connectivity index (χ0) is 15.2. The highest BCUT2D eigenvalue weighted by atomic mass is 19.1. The van der Waals surface area contributed by atoms with E-state index in [0.29, 0.717) is 16.7 Å². The van der Waals surface area contributed by atoms with Crippen molar-refractivity contribution in [2.24, 2.45) is 0 Å². The van der Waals surface area contributed by atoms with Gasteiger partial charge in [0, 0.05) is 11.1 Å². The Labute approximate surface area is 121 Å². The van der Waals surface area contributed by atoms with E-state index in [-0.39, 0.29) is 19.0 Å². The number of nitrogens with one attached hydrogen (secondary N) is 1. The first kappa shape index (κ1) is 15.2. The van der Waals surface area contributed by atoms with Crippen LogP contribution in [0.15, 0.2) is 48.5 Å². The zero-order valence-corrected chi connectivity index (χ0v) is 11.3. The van der Waals surface area contributed by atoms with Gasteiger partial charge in [-0.1, -0.05) is 30.3 Å². The van der Waals surface area contributed by atoms with Crippen LogP contribution in [0.25, 0.3) is 11.1 Å². The number of amides is 1. The quantitative estimate of drug-likeness (QED) is 0.782. The molecule has 21 heavy (non-hydrogen) atoms. The molecule has 0 aliphatic heterocycles. The SMILES string of the molecule is O=C(NC(CO)CO)c1cccc(-c2ccccc2F)c1. The van der Waals surface area contributed by atoms with Gasteiger partial charge in [0.1, 0.15) is 5.82 Å². The van der Waals surface area contributed by atoms with Crippen molar-refractivity contribution in [3.05, 3.63) is 59.9 Å². The van der Waals surface area contributed by atoms with E-state index in [1.807, 2.05) is 0 Å². The Hall–Kier alpha value is -2.24. The lowest BCUT2D eigenvalue weighted by atomic mass is 10.0. The highest BCUT2D eigenvalue weighted by Gasteiger charge is 2.13. The van der Waals surface area contributed by atoms with Gasteiger partial charge in [-0.2, -0.15) is 0 Å². The van der Waals surface area contributed by atoms with Crippen LogP contribution in [0.1, 0.15) is 10.4 Å². The van der Waals surface area contributed by atoms with Crippen LogP contribution >= 0.6 is 0 Å². The molecule has 0 aromatic heterocycles. The Balaban J connectivity index is 2.26. The van der Waals surface area contributed by atoms with Crippen LogP contribution in [0.3, 0.4) is 0 Å². The molecule has 0 saturated heterocycles. The van der Waals surface area contributed by atoms with E-state index in [0.717, 1.165) is 0 Å². The number of aliphatic hydroxyl groups excluding tert-OH is 2. The van der Waals surface area contributed by atoms with Crippen LogP contribution in [0.5, 0.6) is 0 Å². The monoisotopic (exact) mass is 289 g/mol. The molecule has 0 aliphatic rings. The number of halogens is 1. The van der Waals surface area contributed by atoms with Crippen molar-refractivity contribution in [1.82, 2.24) is 5.32 Å². The van der Waals surface area contributed by atoms with Gasteiger partial charge in [0.2, 0.25) is 0 Å². The van der Waals surface area contributed by atoms with Crippen LogP contribution in [-0.2, 0) is 0 Å². The fourth-order valence-corrected chi connectivity index (χ4v) is 1.94. The average molecular weight is 289 g/mol. The standard InChI is InChI=1S/C16H16FNO3/c17-15-7-2-1-6-14(15)11-4-3-5-12(8-11)16(21)18-13(9-19)10-20/h1-8,13,19-20H,9-10H2,(H,18,21). The van der Waals surface area contributed by atoms with Crippen LogP contribution in [-0.4, -0.2) is 35.4 Å². The van der Waals surface area contributed by atoms with Crippen molar-refractivity contribution in [1.29, 1.82) is 0 Å². The number of hydrogen-bond donors (Lipinski definition) is 3. The minimum absolute atomic E-state index is 0.336. The van der Waals surface area contributed by atoms with E-state index in [9.17, 15) is 9.18 Å². The van der Waals surface area contributed by atoms with E-state index >= 15 is 0 Å². The molecule has 0 unspecified atom stereocenters. The number of aliphatic hydroxyl groups is 2. The number of carbonyl (C=O) groups is 1. The largest absolute Gasteiger partial charge is 0.394 e. The summed E-state index contributed by atoms with van der Waals surface area (Å²) >= 11 is 0. The molecular weight excluding hydrogens is 273 g/mol. The molecule has 5 heteroatoms. The molecule has 0 atom stereocenters. The molecule has 2 aromatic rings. The van der Waals surface area contributed by atoms with Gasteiger partial charge in [-0.3, -0.25) is 4.79 Å². The van der Waals surface area contributed by atoms with Crippen LogP contribution in [0, 0.1) is 5.82 Å². The van der Waals surface area contributed by atoms with E-state index in [1.165, 1.54) is 6.07 Å². The molecule has 3 N–H and O–H groups in total. The summed E-state index contributed by atoms with van der Waals surface area (Å²) in [7, 11) is 0. The maximum atomic E-state index is 13.8. The number of rotatable bonds is 5. The lowest BCUT2D eigenvalue weighted by Gasteiger charge is -2.13. The van der Waals surface area contributed by atoms with Gasteiger partial charge in [-0.05, 0) is 23.8 Å². The fraction of sp³-hybridized carbons (Fsp3) is 0.188. The van der Waals surface area contributed by atoms with Crippen LogP contribution in [0.4, 0.5) is 4.39 Å². The normalized spacial score (nSPS) is 10.7. The second-order valence-electron chi connectivity index (χ2n) is 4.60. The van der Waals surface area contributed by atoms with Gasteiger partial charge >= 0.3 is 0 Å². The lowest BCUT2D eigenvalue weighted by Crippen LogP contribution is -2.40. The van der Waals surface area contributed by atoms with Gasteiger partial charge in [0.15, 0.2) is 0 Å². The molecule has 0 radical (unpaired) electrons. The summed E-state index contributed by atoms with van der Waals surface area (Å²) in [6.07, 6.45) is 0. The van der Waals surface area contributed by atoms with Crippen molar-refractivity contribution >= 4 is 5.91 Å². The van der Waals surface area contributed by atoms with Gasteiger partial charge in [0.05, 0.1) is 19.3 Å². The molecule has 110 valence electrons. The van der Waals surface area contributed by atoms with Crippen LogP contribution < -0.4 is 5.32 Å². The number of benzene rings is 2. The maximum absolute atomic E-state index is 13.8. The predicted molar refractivity (Wildman–Crippen MR) is 77.3 cm³/mol. The summed E-state index contributed by atoms with van der Waals surface area (Å²) in [5.74, 6) is -0.792. The third-order valence-corrected chi connectivity index (χ3v) is 3.09. The molecular formula is C16H16FNO3. The summed E-state index contributed by atoms with van der Waals surface area (Å²) in [6.45, 7) is -0.704. The maximum Gasteiger partial charge on any atom is 0.251 e. The van der Waals surface area contributed by atoms with E-state index in [1.54, 1.807) is 42.5 Å². The summed E-state index contributed by atoms with van der Waals surface area (Å²) in [4.78, 5) is 12.0. The average Bonchev–Trinajstić information content (AvgIpc) is 2.53. The Bertz CT molecular complexity index is 626. The van der Waals surface area contributed by atoms with E-state index in [2.05, 4.69) is 5.32 Å². The third kappa shape index (κ3) is 3.65. The molecule has 0 aliphatic carbocycles. The minimum atomic E-state index is -0.713. The summed E-state index contributed by atoms with van der Waals surface area (Å²) in [5, 5.41) is 20.4. The summed E-state index contributed by atoms with van der Waals surface area (Å²) in [5.41, 5.74) is 1.33. The molecule has 0 heterocycles. The molecule has 0 bridgehead atoms. The second kappa shape index (κ2) is 6.97. The minimum Gasteiger partial charge on any atom is -0.394 e. The topological polar surface area (TPSA) is 69.6 Å². The fourth-order valence-electron chi connectivity index (χ4n) is 1.94. The highest BCUT2D eigenvalue weighted by Crippen LogP contribution is 2.23. The molecule has 4 nitrogen and oxygen atoms in total. The summed E-state index contributed by atoms with van der Waals surface area (Å²) < 4.78 is 13.8. The third-order valence-electron chi connectivity index (χ3n) is 3.09. The van der Waals surface area contributed by atoms with Crippen molar-refractivity contribution in [3.63, 3.8) is 0 Å². The first-order chi connectivity index (χ1) is 10.2. The molecule has 0 fully saturated rings. The first-order valence-corrected chi connectivity index (χ1v) is 6.53. The lowest BCUT2D eigenvalue weighted by molar-refractivity contribution is 0.0879. The number of hydrogen-bond acceptors (Lipinski definition) is 3. The number of carbonyl (C=O) groups excluding carboxylic acids is 1. The Morgan fingerprint density at radius 1 is 1.10 bits per heavy atom. The van der Waals surface area contributed by atoms with Crippen molar-refractivity contribution < 1.29 is 19.4 Å². The zero-order valence-electron chi connectivity index (χ0n) is 11.3. The summed E-state index contributed by atoms with van der Waals surface area (Å²) in [6, 6.07) is 12.1. The predicted octanol–water partition coefficient (Wildman–Crippen LogP) is 1.58. The van der Waals surface area contributed by atoms with Gasteiger partial charge in [-0.25, -0.2) is 4.39 Å². The van der Waals surface area contributed by atoms with Gasteiger partial charge in [0.25, 0.3) is 5.91 Å². The second-order valence-corrected chi connectivity index (χ2v) is 4.60. The molecule has 2 rings (SSSR count). The molecule has 2 aromatic carbocycles. The van der Waals surface area contributed by atoms with E-state index in [4.69, 9.17) is 10.2 Å². The molecule has 0 saturated carbocycles. The highest BCUT2D eigenvalue weighted by molar-refractivity contribution is 5.95. The van der Waals surface area contributed by atoms with Crippen LogP contribution in [0.2, 0.25) is 0 Å². The molecule has 1 amide bonds.